The van der Waals surface area contributed by atoms with Crippen LogP contribution in [0.15, 0.2) is 60.8 Å². The van der Waals surface area contributed by atoms with Crippen LogP contribution in [0, 0.1) is 5.82 Å². The fourth-order valence-corrected chi connectivity index (χ4v) is 3.13. The highest BCUT2D eigenvalue weighted by Crippen LogP contribution is 2.29. The van der Waals surface area contributed by atoms with Crippen LogP contribution in [-0.2, 0) is 25.5 Å². The zero-order valence-electron chi connectivity index (χ0n) is 22.6. The lowest BCUT2D eigenvalue weighted by Gasteiger charge is -2.12. The summed E-state index contributed by atoms with van der Waals surface area (Å²) in [5.41, 5.74) is 6.24. The lowest BCUT2D eigenvalue weighted by molar-refractivity contribution is -0.148. The normalized spacial score (nSPS) is 10.4. The van der Waals surface area contributed by atoms with E-state index in [0.29, 0.717) is 6.42 Å². The van der Waals surface area contributed by atoms with Gasteiger partial charge in [0.25, 0.3) is 5.91 Å². The first-order valence-electron chi connectivity index (χ1n) is 11.9. The molecule has 12 heteroatoms. The Bertz CT molecular complexity index is 1190. The van der Waals surface area contributed by atoms with Crippen LogP contribution in [0.3, 0.4) is 0 Å². The fourth-order valence-electron chi connectivity index (χ4n) is 2.91. The van der Waals surface area contributed by atoms with Gasteiger partial charge in [-0.25, -0.2) is 9.37 Å². The Balaban J connectivity index is 0.000000314. The van der Waals surface area contributed by atoms with Gasteiger partial charge in [0.2, 0.25) is 6.79 Å². The number of hydrogen-bond donors (Lipinski definition) is 2. The summed E-state index contributed by atoms with van der Waals surface area (Å²) >= 11 is 5.35. The van der Waals surface area contributed by atoms with Gasteiger partial charge in [0.05, 0.1) is 7.11 Å². The van der Waals surface area contributed by atoms with Crippen LogP contribution in [0.1, 0.15) is 43.2 Å². The van der Waals surface area contributed by atoms with Gasteiger partial charge >= 0.3 is 11.9 Å². The van der Waals surface area contributed by atoms with Gasteiger partial charge in [-0.1, -0.05) is 48.9 Å². The molecule has 0 spiro atoms. The second kappa shape index (κ2) is 18.0. The number of phenols is 1. The van der Waals surface area contributed by atoms with E-state index in [1.807, 2.05) is 37.3 Å². The van der Waals surface area contributed by atoms with Crippen molar-refractivity contribution in [3.63, 3.8) is 0 Å². The predicted octanol–water partition coefficient (Wildman–Crippen LogP) is 4.84. The molecule has 0 aliphatic carbocycles. The molecule has 40 heavy (non-hydrogen) atoms. The van der Waals surface area contributed by atoms with Gasteiger partial charge in [0.1, 0.15) is 17.7 Å². The first kappa shape index (κ1) is 33.6. The van der Waals surface area contributed by atoms with Crippen LogP contribution < -0.4 is 15.2 Å². The number of amides is 1. The largest absolute Gasteiger partial charge is 0.508 e. The standard InChI is InChI=1S/C12H16O2.C10H12N2O5.C6H4ClFO/c1-3-12(13)14-10(2)9-11-7-5-4-6-8-11;1-6(13)16-5-17-9-7(15-2)3-4-12-8(9)10(11)14;7-4-1-5(8)3-6(9)2-4/h4-8,10H,3,9H2,1-2H3;3-4H,5H2,1-2H3,(H2,11,14);1-3,9H. The Morgan fingerprint density at radius 1 is 1.12 bits per heavy atom. The van der Waals surface area contributed by atoms with Crippen LogP contribution in [0.2, 0.25) is 5.02 Å². The van der Waals surface area contributed by atoms with Gasteiger partial charge in [0, 0.05) is 43.1 Å². The number of carbonyl (C=O) groups is 3. The SMILES string of the molecule is CCC(=O)OC(C)Cc1ccccc1.COc1ccnc(C(N)=O)c1OCOC(C)=O.Oc1cc(F)cc(Cl)c1. The van der Waals surface area contributed by atoms with Crippen molar-refractivity contribution in [3.05, 3.63) is 82.9 Å². The Hall–Kier alpha value is -4.38. The maximum Gasteiger partial charge on any atom is 0.305 e. The Kier molecular flexibility index (Phi) is 15.1. The topological polar surface area (TPSA) is 147 Å². The summed E-state index contributed by atoms with van der Waals surface area (Å²) in [5, 5.41) is 8.87. The second-order valence-electron chi connectivity index (χ2n) is 7.92. The molecule has 1 amide bonds. The van der Waals surface area contributed by atoms with E-state index in [1.165, 1.54) is 37.9 Å². The summed E-state index contributed by atoms with van der Waals surface area (Å²) in [4.78, 5) is 36.4. The third-order valence-electron chi connectivity index (χ3n) is 4.62. The molecule has 1 unspecified atom stereocenters. The van der Waals surface area contributed by atoms with Crippen molar-refractivity contribution in [1.82, 2.24) is 4.98 Å². The average molecular weight is 579 g/mol. The molecule has 0 bridgehead atoms. The smallest absolute Gasteiger partial charge is 0.305 e. The van der Waals surface area contributed by atoms with Crippen molar-refractivity contribution in [2.75, 3.05) is 13.9 Å². The van der Waals surface area contributed by atoms with Crippen LogP contribution >= 0.6 is 11.6 Å². The number of methoxy groups -OCH3 is 1. The van der Waals surface area contributed by atoms with Crippen molar-refractivity contribution in [1.29, 1.82) is 0 Å². The molecule has 0 aliphatic rings. The molecule has 3 rings (SSSR count). The van der Waals surface area contributed by atoms with E-state index in [2.05, 4.69) is 9.72 Å². The minimum absolute atomic E-state index is 0.0372. The molecule has 1 heterocycles. The number of halogens is 2. The summed E-state index contributed by atoms with van der Waals surface area (Å²) in [6, 6.07) is 14.9. The molecular weight excluding hydrogens is 547 g/mol. The van der Waals surface area contributed by atoms with E-state index < -0.39 is 17.7 Å². The van der Waals surface area contributed by atoms with Crippen molar-refractivity contribution in [2.45, 2.75) is 39.7 Å². The van der Waals surface area contributed by atoms with Gasteiger partial charge in [-0.05, 0) is 24.6 Å². The van der Waals surface area contributed by atoms with Crippen LogP contribution in [0.25, 0.3) is 0 Å². The molecule has 10 nitrogen and oxygen atoms in total. The monoisotopic (exact) mass is 578 g/mol. The number of aromatic nitrogens is 1. The minimum atomic E-state index is -0.762. The van der Waals surface area contributed by atoms with E-state index in [9.17, 15) is 18.8 Å². The van der Waals surface area contributed by atoms with Crippen LogP contribution in [0.4, 0.5) is 4.39 Å². The van der Waals surface area contributed by atoms with Crippen LogP contribution in [0.5, 0.6) is 17.2 Å². The molecule has 3 aromatic rings. The van der Waals surface area contributed by atoms with Gasteiger partial charge < -0.3 is 29.8 Å². The Morgan fingerprint density at radius 3 is 2.33 bits per heavy atom. The Labute approximate surface area is 236 Å². The number of primary amides is 1. The van der Waals surface area contributed by atoms with E-state index in [4.69, 9.17) is 36.7 Å². The first-order chi connectivity index (χ1) is 19.0. The maximum absolute atomic E-state index is 12.2. The number of nitrogens with zero attached hydrogens (tertiary/aromatic N) is 1. The number of nitrogens with two attached hydrogens (primary N) is 1. The molecule has 0 aliphatic heterocycles. The Morgan fingerprint density at radius 2 is 1.80 bits per heavy atom. The molecule has 1 aromatic heterocycles. The zero-order chi connectivity index (χ0) is 30.1. The highest BCUT2D eigenvalue weighted by Gasteiger charge is 2.16. The van der Waals surface area contributed by atoms with Crippen LogP contribution in [-0.4, -0.2) is 47.9 Å². The zero-order valence-corrected chi connectivity index (χ0v) is 23.3. The number of hydrogen-bond acceptors (Lipinski definition) is 9. The molecule has 3 N–H and O–H groups in total. The second-order valence-corrected chi connectivity index (χ2v) is 8.36. The molecule has 0 fully saturated rings. The number of carbonyl (C=O) groups excluding carboxylic acids is 3. The predicted molar refractivity (Wildman–Crippen MR) is 146 cm³/mol. The lowest BCUT2D eigenvalue weighted by Crippen LogP contribution is -2.17. The van der Waals surface area contributed by atoms with Crippen molar-refractivity contribution < 1.29 is 42.8 Å². The van der Waals surface area contributed by atoms with Gasteiger partial charge in [-0.3, -0.25) is 14.4 Å². The summed E-state index contributed by atoms with van der Waals surface area (Å²) in [6.07, 6.45) is 2.55. The summed E-state index contributed by atoms with van der Waals surface area (Å²) in [5.74, 6) is -1.76. The molecule has 0 saturated carbocycles. The molecule has 1 atom stereocenters. The number of phenolic OH excluding ortho intramolecular Hbond substituents is 1. The summed E-state index contributed by atoms with van der Waals surface area (Å²) in [7, 11) is 1.40. The minimum Gasteiger partial charge on any atom is -0.508 e. The number of esters is 2. The van der Waals surface area contributed by atoms with Crippen molar-refractivity contribution >= 4 is 29.4 Å². The maximum atomic E-state index is 12.2. The van der Waals surface area contributed by atoms with Crippen molar-refractivity contribution in [3.8, 4) is 17.2 Å². The van der Waals surface area contributed by atoms with E-state index in [1.54, 1.807) is 6.92 Å². The van der Waals surface area contributed by atoms with Crippen molar-refractivity contribution in [2.24, 2.45) is 5.73 Å². The molecule has 216 valence electrons. The quantitative estimate of drug-likeness (QED) is 0.269. The number of rotatable bonds is 9. The van der Waals surface area contributed by atoms with Gasteiger partial charge in [-0.2, -0.15) is 0 Å². The summed E-state index contributed by atoms with van der Waals surface area (Å²) in [6.45, 7) is 4.61. The third kappa shape index (κ3) is 13.4. The average Bonchev–Trinajstić information content (AvgIpc) is 2.88. The number of pyridine rings is 1. The highest BCUT2D eigenvalue weighted by molar-refractivity contribution is 6.30. The molecular formula is C28H32ClFN2O8. The number of benzene rings is 2. The van der Waals surface area contributed by atoms with Gasteiger partial charge in [-0.15, -0.1) is 0 Å². The van der Waals surface area contributed by atoms with E-state index >= 15 is 0 Å². The number of ether oxygens (including phenoxy) is 4. The fraction of sp³-hybridized carbons (Fsp3) is 0.286. The van der Waals surface area contributed by atoms with E-state index in [0.717, 1.165) is 18.6 Å². The molecule has 0 saturated heterocycles. The number of aromatic hydroxyl groups is 1. The van der Waals surface area contributed by atoms with Gasteiger partial charge in [0.15, 0.2) is 17.2 Å². The molecule has 2 aromatic carbocycles. The highest BCUT2D eigenvalue weighted by atomic mass is 35.5. The summed E-state index contributed by atoms with van der Waals surface area (Å²) < 4.78 is 32.0. The first-order valence-corrected chi connectivity index (χ1v) is 12.3. The van der Waals surface area contributed by atoms with E-state index in [-0.39, 0.29) is 46.8 Å². The third-order valence-corrected chi connectivity index (χ3v) is 4.84. The molecule has 0 radical (unpaired) electrons. The lowest BCUT2D eigenvalue weighted by atomic mass is 10.1.